The second-order valence-electron chi connectivity index (χ2n) is 5.97. The summed E-state index contributed by atoms with van der Waals surface area (Å²) >= 11 is 0. The number of phenols is 2. The Hall–Kier alpha value is -1.96. The monoisotopic (exact) mass is 298 g/mol. The van der Waals surface area contributed by atoms with Crippen molar-refractivity contribution in [2.75, 3.05) is 0 Å². The van der Waals surface area contributed by atoms with E-state index in [9.17, 15) is 10.2 Å². The van der Waals surface area contributed by atoms with Crippen LogP contribution in [0.2, 0.25) is 0 Å². The molecule has 2 aromatic rings. The highest BCUT2D eigenvalue weighted by atomic mass is 16.3. The summed E-state index contributed by atoms with van der Waals surface area (Å²) < 4.78 is 0. The van der Waals surface area contributed by atoms with Gasteiger partial charge in [0.25, 0.3) is 0 Å². The van der Waals surface area contributed by atoms with E-state index in [1.54, 1.807) is 24.3 Å². The minimum absolute atomic E-state index is 0.301. The highest BCUT2D eigenvalue weighted by Crippen LogP contribution is 2.37. The van der Waals surface area contributed by atoms with E-state index in [1.807, 2.05) is 24.3 Å². The van der Waals surface area contributed by atoms with Gasteiger partial charge in [-0.25, -0.2) is 0 Å². The summed E-state index contributed by atoms with van der Waals surface area (Å²) in [4.78, 5) is 0. The van der Waals surface area contributed by atoms with Gasteiger partial charge in [-0.15, -0.1) is 0 Å². The lowest BCUT2D eigenvalue weighted by Crippen LogP contribution is -2.14. The van der Waals surface area contributed by atoms with Gasteiger partial charge in [-0.3, -0.25) is 0 Å². The molecule has 0 saturated heterocycles. The molecule has 0 bridgehead atoms. The predicted octanol–water partition coefficient (Wildman–Crippen LogP) is 5.45. The summed E-state index contributed by atoms with van der Waals surface area (Å²) in [6.45, 7) is 4.47. The lowest BCUT2D eigenvalue weighted by atomic mass is 9.77. The average Bonchev–Trinajstić information content (AvgIpc) is 2.54. The van der Waals surface area contributed by atoms with Crippen molar-refractivity contribution in [3.63, 3.8) is 0 Å². The molecular formula is C20H26O2. The molecule has 0 heterocycles. The van der Waals surface area contributed by atoms with Crippen LogP contribution in [0, 0.1) is 5.92 Å². The number of benzene rings is 2. The SMILES string of the molecule is CCCC[C@@H](CC)C(c1ccc(O)cc1)c1ccc(O)cc1. The van der Waals surface area contributed by atoms with Crippen molar-refractivity contribution in [3.8, 4) is 11.5 Å². The van der Waals surface area contributed by atoms with Crippen molar-refractivity contribution in [1.82, 2.24) is 0 Å². The molecule has 0 saturated carbocycles. The topological polar surface area (TPSA) is 40.5 Å². The second-order valence-corrected chi connectivity index (χ2v) is 5.97. The Morgan fingerprint density at radius 2 is 1.23 bits per heavy atom. The zero-order chi connectivity index (χ0) is 15.9. The van der Waals surface area contributed by atoms with E-state index < -0.39 is 0 Å². The van der Waals surface area contributed by atoms with Gasteiger partial charge in [-0.2, -0.15) is 0 Å². The smallest absolute Gasteiger partial charge is 0.115 e. The molecular weight excluding hydrogens is 272 g/mol. The quantitative estimate of drug-likeness (QED) is 0.714. The Balaban J connectivity index is 2.38. The first-order chi connectivity index (χ1) is 10.7. The summed E-state index contributed by atoms with van der Waals surface area (Å²) in [5, 5.41) is 19.1. The van der Waals surface area contributed by atoms with E-state index in [2.05, 4.69) is 13.8 Å². The van der Waals surface area contributed by atoms with Crippen molar-refractivity contribution >= 4 is 0 Å². The number of aromatic hydroxyl groups is 2. The molecule has 2 N–H and O–H groups in total. The number of hydrogen-bond donors (Lipinski definition) is 2. The maximum atomic E-state index is 9.55. The van der Waals surface area contributed by atoms with Crippen LogP contribution in [0.1, 0.15) is 56.6 Å². The van der Waals surface area contributed by atoms with E-state index >= 15 is 0 Å². The summed E-state index contributed by atoms with van der Waals surface area (Å²) in [6.07, 6.45) is 4.74. The maximum Gasteiger partial charge on any atom is 0.115 e. The zero-order valence-corrected chi connectivity index (χ0v) is 13.5. The first-order valence-corrected chi connectivity index (χ1v) is 8.23. The predicted molar refractivity (Wildman–Crippen MR) is 91.4 cm³/mol. The summed E-state index contributed by atoms with van der Waals surface area (Å²) in [7, 11) is 0. The van der Waals surface area contributed by atoms with Crippen LogP contribution < -0.4 is 0 Å². The van der Waals surface area contributed by atoms with Crippen LogP contribution in [0.15, 0.2) is 48.5 Å². The van der Waals surface area contributed by atoms with Crippen LogP contribution in [-0.4, -0.2) is 10.2 Å². The van der Waals surface area contributed by atoms with E-state index in [0.29, 0.717) is 23.3 Å². The second kappa shape index (κ2) is 7.88. The van der Waals surface area contributed by atoms with Gasteiger partial charge in [0.2, 0.25) is 0 Å². The third-order valence-corrected chi connectivity index (χ3v) is 4.43. The molecule has 0 aliphatic heterocycles. The van der Waals surface area contributed by atoms with E-state index in [0.717, 1.165) is 6.42 Å². The highest BCUT2D eigenvalue weighted by Gasteiger charge is 2.23. The molecule has 118 valence electrons. The Labute approximate surface area is 133 Å². The molecule has 0 amide bonds. The van der Waals surface area contributed by atoms with Gasteiger partial charge in [-0.05, 0) is 47.7 Å². The van der Waals surface area contributed by atoms with Crippen molar-refractivity contribution in [2.45, 2.75) is 45.4 Å². The minimum atomic E-state index is 0.301. The summed E-state index contributed by atoms with van der Waals surface area (Å²) in [6, 6.07) is 15.1. The maximum absolute atomic E-state index is 9.55. The first-order valence-electron chi connectivity index (χ1n) is 8.23. The van der Waals surface area contributed by atoms with E-state index in [1.165, 1.54) is 30.4 Å². The van der Waals surface area contributed by atoms with Gasteiger partial charge in [0.05, 0.1) is 0 Å². The third-order valence-electron chi connectivity index (χ3n) is 4.43. The fraction of sp³-hybridized carbons (Fsp3) is 0.400. The largest absolute Gasteiger partial charge is 0.508 e. The first kappa shape index (κ1) is 16.4. The molecule has 1 atom stereocenters. The lowest BCUT2D eigenvalue weighted by Gasteiger charge is -2.27. The van der Waals surface area contributed by atoms with Gasteiger partial charge >= 0.3 is 0 Å². The molecule has 0 fully saturated rings. The number of hydrogen-bond acceptors (Lipinski definition) is 2. The van der Waals surface area contributed by atoms with Crippen LogP contribution in [0.4, 0.5) is 0 Å². The van der Waals surface area contributed by atoms with Crippen LogP contribution in [0.5, 0.6) is 11.5 Å². The highest BCUT2D eigenvalue weighted by molar-refractivity contribution is 5.38. The fourth-order valence-corrected chi connectivity index (χ4v) is 3.17. The van der Waals surface area contributed by atoms with Crippen molar-refractivity contribution in [2.24, 2.45) is 5.92 Å². The molecule has 2 rings (SSSR count). The molecule has 2 aromatic carbocycles. The van der Waals surface area contributed by atoms with Gasteiger partial charge in [0, 0.05) is 5.92 Å². The van der Waals surface area contributed by atoms with Crippen molar-refractivity contribution in [1.29, 1.82) is 0 Å². The minimum Gasteiger partial charge on any atom is -0.508 e. The molecule has 0 spiro atoms. The number of phenolic OH excluding ortho intramolecular Hbond substituents is 2. The van der Waals surface area contributed by atoms with Crippen LogP contribution >= 0.6 is 0 Å². The zero-order valence-electron chi connectivity index (χ0n) is 13.5. The van der Waals surface area contributed by atoms with Crippen LogP contribution in [0.3, 0.4) is 0 Å². The van der Waals surface area contributed by atoms with Crippen LogP contribution in [-0.2, 0) is 0 Å². The Morgan fingerprint density at radius 1 is 0.773 bits per heavy atom. The van der Waals surface area contributed by atoms with Gasteiger partial charge in [-0.1, -0.05) is 57.4 Å². The molecule has 0 aliphatic rings. The van der Waals surface area contributed by atoms with Crippen LogP contribution in [0.25, 0.3) is 0 Å². The molecule has 22 heavy (non-hydrogen) atoms. The molecule has 0 unspecified atom stereocenters. The standard InChI is InChI=1S/C20H26O2/c1-3-5-6-15(4-2)20(16-7-11-18(21)12-8-16)17-9-13-19(22)14-10-17/h7-15,20-22H,3-6H2,1-2H3/t15-/m1/s1. The molecule has 0 aromatic heterocycles. The third kappa shape index (κ3) is 4.03. The van der Waals surface area contributed by atoms with E-state index in [4.69, 9.17) is 0 Å². The Morgan fingerprint density at radius 3 is 1.59 bits per heavy atom. The van der Waals surface area contributed by atoms with Crippen molar-refractivity contribution in [3.05, 3.63) is 59.7 Å². The van der Waals surface area contributed by atoms with Gasteiger partial charge < -0.3 is 10.2 Å². The number of rotatable bonds is 7. The molecule has 0 aliphatic carbocycles. The molecule has 0 radical (unpaired) electrons. The fourth-order valence-electron chi connectivity index (χ4n) is 3.17. The molecule has 2 nitrogen and oxygen atoms in total. The number of unbranched alkanes of at least 4 members (excludes halogenated alkanes) is 1. The molecule has 2 heteroatoms. The Kier molecular flexibility index (Phi) is 5.88. The lowest BCUT2D eigenvalue weighted by molar-refractivity contribution is 0.405. The normalized spacial score (nSPS) is 12.5. The van der Waals surface area contributed by atoms with E-state index in [-0.39, 0.29) is 0 Å². The summed E-state index contributed by atoms with van der Waals surface area (Å²) in [5.41, 5.74) is 2.46. The summed E-state index contributed by atoms with van der Waals surface area (Å²) in [5.74, 6) is 1.47. The van der Waals surface area contributed by atoms with Crippen molar-refractivity contribution < 1.29 is 10.2 Å². The Bertz CT molecular complexity index is 512. The van der Waals surface area contributed by atoms with Gasteiger partial charge in [0.1, 0.15) is 11.5 Å². The van der Waals surface area contributed by atoms with Gasteiger partial charge in [0.15, 0.2) is 0 Å². The average molecular weight is 298 g/mol.